The molecule has 2 nitrogen and oxygen atoms in total. The molecule has 0 spiro atoms. The zero-order chi connectivity index (χ0) is 5.41. The predicted molar refractivity (Wildman–Crippen MR) is 33.4 cm³/mol. The molecule has 0 aromatic heterocycles. The largest absolute Gasteiger partial charge is 0.482 e. The van der Waals surface area contributed by atoms with Gasteiger partial charge in [-0.3, -0.25) is 0 Å². The summed E-state index contributed by atoms with van der Waals surface area (Å²) in [6.45, 7) is 4.25. The molecule has 0 aliphatic rings. The Morgan fingerprint density at radius 1 is 1.29 bits per heavy atom. The molecule has 0 saturated carbocycles. The van der Waals surface area contributed by atoms with Gasteiger partial charge in [0.25, 0.3) is 0 Å². The first kappa shape index (κ1) is 15.7. The molecule has 1 radical (unpaired) electrons. The summed E-state index contributed by atoms with van der Waals surface area (Å²) in [7, 11) is 0. The van der Waals surface area contributed by atoms with E-state index in [1.165, 1.54) is 6.42 Å². The van der Waals surface area contributed by atoms with E-state index in [4.69, 9.17) is 10.0 Å². The van der Waals surface area contributed by atoms with Crippen molar-refractivity contribution in [3.8, 4) is 0 Å². The normalized spacial score (nSPS) is 4.57. The Labute approximate surface area is 51.3 Å². The minimum atomic E-state index is 0. The van der Waals surface area contributed by atoms with Crippen molar-refractivity contribution in [1.29, 1.82) is 0 Å². The van der Waals surface area contributed by atoms with Crippen LogP contribution in [0.25, 0.3) is 0 Å². The van der Waals surface area contributed by atoms with Crippen LogP contribution >= 0.6 is 12.4 Å². The smallest absolute Gasteiger partial charge is 0.429 e. The van der Waals surface area contributed by atoms with Crippen LogP contribution in [0.2, 0.25) is 0 Å². The lowest BCUT2D eigenvalue weighted by Gasteiger charge is -1.48. The van der Waals surface area contributed by atoms with Crippen molar-refractivity contribution in [2.24, 2.45) is 0 Å². The van der Waals surface area contributed by atoms with Crippen molar-refractivity contribution < 1.29 is 10.0 Å². The van der Waals surface area contributed by atoms with Gasteiger partial charge in [0.2, 0.25) is 0 Å². The average Bonchev–Trinajstić information content (AvgIpc) is 1.39. The highest BCUT2D eigenvalue weighted by atomic mass is 35.5. The molecule has 7 heavy (non-hydrogen) atoms. The molecule has 0 aromatic rings. The first-order valence-corrected chi connectivity index (χ1v) is 1.93. The zero-order valence-electron chi connectivity index (χ0n) is 4.59. The van der Waals surface area contributed by atoms with Gasteiger partial charge in [-0.25, -0.2) is 0 Å². The summed E-state index contributed by atoms with van der Waals surface area (Å²) >= 11 is 0. The first-order chi connectivity index (χ1) is 2.83. The zero-order valence-corrected chi connectivity index (χ0v) is 5.40. The van der Waals surface area contributed by atoms with Crippen molar-refractivity contribution in [1.82, 2.24) is 0 Å². The van der Waals surface area contributed by atoms with Gasteiger partial charge in [0, 0.05) is 0 Å². The Kier molecular flexibility index (Phi) is 75.5. The van der Waals surface area contributed by atoms with Crippen LogP contribution in [0.15, 0.2) is 0 Å². The van der Waals surface area contributed by atoms with Crippen molar-refractivity contribution in [2.45, 2.75) is 20.3 Å². The van der Waals surface area contributed by atoms with Gasteiger partial charge in [-0.2, -0.15) is 0 Å². The van der Waals surface area contributed by atoms with Gasteiger partial charge < -0.3 is 10.0 Å². The fraction of sp³-hybridized carbons (Fsp3) is 1.00. The van der Waals surface area contributed by atoms with Crippen LogP contribution in [-0.4, -0.2) is 17.7 Å². The lowest BCUT2D eigenvalue weighted by atomic mass is 10.5. The fourth-order valence-electron chi connectivity index (χ4n) is 0. The molecule has 0 aliphatic carbocycles. The van der Waals surface area contributed by atoms with E-state index in [1.54, 1.807) is 0 Å². The van der Waals surface area contributed by atoms with E-state index in [1.807, 2.05) is 0 Å². The van der Waals surface area contributed by atoms with Crippen LogP contribution in [0.5, 0.6) is 0 Å². The van der Waals surface area contributed by atoms with E-state index in [9.17, 15) is 0 Å². The van der Waals surface area contributed by atoms with E-state index in [0.717, 1.165) is 0 Å². The van der Waals surface area contributed by atoms with Crippen LogP contribution in [0.4, 0.5) is 0 Å². The fourth-order valence-corrected chi connectivity index (χ4v) is 0. The third kappa shape index (κ3) is 1520. The second kappa shape index (κ2) is 33.7. The lowest BCUT2D eigenvalue weighted by molar-refractivity contribution is 0.448. The topological polar surface area (TPSA) is 40.5 Å². The summed E-state index contributed by atoms with van der Waals surface area (Å²) in [4.78, 5) is 0. The van der Waals surface area contributed by atoms with Crippen LogP contribution in [0, 0.1) is 0 Å². The van der Waals surface area contributed by atoms with E-state index in [-0.39, 0.29) is 20.1 Å². The molecule has 0 aliphatic heterocycles. The third-order valence-corrected chi connectivity index (χ3v) is 0. The second-order valence-electron chi connectivity index (χ2n) is 0.823. The van der Waals surface area contributed by atoms with Crippen LogP contribution in [0.3, 0.4) is 0 Å². The Morgan fingerprint density at radius 2 is 1.29 bits per heavy atom. The average molecular weight is 125 g/mol. The van der Waals surface area contributed by atoms with Crippen molar-refractivity contribution in [2.75, 3.05) is 0 Å². The molecular weight excluding hydrogens is 114 g/mol. The highest BCUT2D eigenvalue weighted by molar-refractivity contribution is 6.13. The van der Waals surface area contributed by atoms with Crippen LogP contribution < -0.4 is 0 Å². The van der Waals surface area contributed by atoms with Gasteiger partial charge >= 0.3 is 7.69 Å². The van der Waals surface area contributed by atoms with Crippen molar-refractivity contribution in [3.63, 3.8) is 0 Å². The van der Waals surface area contributed by atoms with E-state index in [0.29, 0.717) is 0 Å². The van der Waals surface area contributed by atoms with Crippen LogP contribution in [0.1, 0.15) is 20.3 Å². The molecule has 0 bridgehead atoms. The predicted octanol–water partition coefficient (Wildman–Crippen LogP) is 0.343. The van der Waals surface area contributed by atoms with Gasteiger partial charge in [0.1, 0.15) is 0 Å². The number of rotatable bonds is 0. The van der Waals surface area contributed by atoms with Gasteiger partial charge in [-0.15, -0.1) is 12.4 Å². The maximum atomic E-state index is 7.00. The molecule has 0 fully saturated rings. The summed E-state index contributed by atoms with van der Waals surface area (Å²) < 4.78 is 0. The molecular formula is C3H11BClO2. The monoisotopic (exact) mass is 125 g/mol. The van der Waals surface area contributed by atoms with E-state index >= 15 is 0 Å². The molecule has 2 N–H and O–H groups in total. The van der Waals surface area contributed by atoms with E-state index < -0.39 is 0 Å². The SMILES string of the molecule is CCC.Cl.O[B]O. The molecule has 45 valence electrons. The summed E-state index contributed by atoms with van der Waals surface area (Å²) in [6.07, 6.45) is 1.25. The lowest BCUT2D eigenvalue weighted by Crippen LogP contribution is -1.75. The summed E-state index contributed by atoms with van der Waals surface area (Å²) in [6, 6.07) is 0. The van der Waals surface area contributed by atoms with Crippen molar-refractivity contribution in [3.05, 3.63) is 0 Å². The Balaban J connectivity index is -0.0000000400. The minimum Gasteiger partial charge on any atom is -0.429 e. The Hall–Kier alpha value is 0.275. The summed E-state index contributed by atoms with van der Waals surface area (Å²) in [5.41, 5.74) is 0. The standard InChI is InChI=1S/C3H8.BH2O2.ClH/c1-3-2;2-1-3;/h3H2,1-2H3;2-3H;1H. The quantitative estimate of drug-likeness (QED) is 0.459. The second-order valence-corrected chi connectivity index (χ2v) is 0.823. The first-order valence-electron chi connectivity index (χ1n) is 1.93. The number of hydrogen-bond acceptors (Lipinski definition) is 2. The van der Waals surface area contributed by atoms with E-state index in [2.05, 4.69) is 13.8 Å². The molecule has 0 heterocycles. The maximum Gasteiger partial charge on any atom is 0.482 e. The van der Waals surface area contributed by atoms with Crippen molar-refractivity contribution >= 4 is 20.1 Å². The molecule has 0 unspecified atom stereocenters. The molecule has 0 saturated heterocycles. The maximum absolute atomic E-state index is 7.00. The Bertz CT molecular complexity index is 14.9. The number of halogens is 1. The molecule has 0 atom stereocenters. The van der Waals surface area contributed by atoms with Gasteiger partial charge in [-0.1, -0.05) is 20.3 Å². The molecule has 0 amide bonds. The van der Waals surface area contributed by atoms with Gasteiger partial charge in [-0.05, 0) is 0 Å². The molecule has 4 heteroatoms. The highest BCUT2D eigenvalue weighted by Crippen LogP contribution is 1.56. The molecule has 0 aromatic carbocycles. The summed E-state index contributed by atoms with van der Waals surface area (Å²) in [5.74, 6) is 0. The van der Waals surface area contributed by atoms with Crippen LogP contribution in [-0.2, 0) is 0 Å². The minimum absolute atomic E-state index is 0. The number of hydrogen-bond donors (Lipinski definition) is 2. The molecule has 0 rings (SSSR count). The summed E-state index contributed by atoms with van der Waals surface area (Å²) in [5, 5.41) is 14.0. The third-order valence-electron chi connectivity index (χ3n) is 0. The highest BCUT2D eigenvalue weighted by Gasteiger charge is 1.51. The Morgan fingerprint density at radius 3 is 1.29 bits per heavy atom. The van der Waals surface area contributed by atoms with Gasteiger partial charge in [0.05, 0.1) is 0 Å². The van der Waals surface area contributed by atoms with Gasteiger partial charge in [0.15, 0.2) is 0 Å².